The van der Waals surface area contributed by atoms with Gasteiger partial charge in [0.05, 0.1) is 46.1 Å². The third-order valence-electron chi connectivity index (χ3n) is 7.56. The second kappa shape index (κ2) is 16.1. The maximum Gasteiger partial charge on any atom is 0.265 e. The lowest BCUT2D eigenvalue weighted by Crippen LogP contribution is -2.52. The average Bonchev–Trinajstić information content (AvgIpc) is 3.08. The molecule has 13 heteroatoms. The molecular formula is C33H43N3O9S. The lowest BCUT2D eigenvalue weighted by atomic mass is 10.1. The first-order chi connectivity index (χ1) is 21.9. The molecule has 0 aromatic heterocycles. The first-order valence-corrected chi connectivity index (χ1v) is 16.1. The standard InChI is InChI=1S/C33H43N3O9S/c1-9-22(2)34-33(38)23(3)35(20-24-10-12-25(41-4)13-11-24)32(37)21-36(28-18-26(42-5)14-16-29(28)43-6)46(39,40)27-15-17-30(44-7)31(19-27)45-8/h10-19,22-23H,9,20-21H2,1-8H3,(H,34,38)/t22-,23-/m1/s1. The second-order valence-corrected chi connectivity index (χ2v) is 12.3. The number of hydrogen-bond donors (Lipinski definition) is 1. The van der Waals surface area contributed by atoms with Gasteiger partial charge in [-0.3, -0.25) is 13.9 Å². The molecule has 0 spiro atoms. The summed E-state index contributed by atoms with van der Waals surface area (Å²) in [5, 5.41) is 2.92. The van der Waals surface area contributed by atoms with Gasteiger partial charge >= 0.3 is 0 Å². The average molecular weight is 658 g/mol. The van der Waals surface area contributed by atoms with Crippen LogP contribution in [0.15, 0.2) is 65.6 Å². The molecule has 0 unspecified atom stereocenters. The zero-order valence-corrected chi connectivity index (χ0v) is 28.3. The number of methoxy groups -OCH3 is 5. The molecule has 0 bridgehead atoms. The number of hydrogen-bond acceptors (Lipinski definition) is 9. The van der Waals surface area contributed by atoms with Crippen LogP contribution in [-0.4, -0.2) is 79.3 Å². The quantitative estimate of drug-likeness (QED) is 0.240. The van der Waals surface area contributed by atoms with Crippen LogP contribution in [-0.2, 0) is 26.2 Å². The zero-order valence-electron chi connectivity index (χ0n) is 27.5. The third-order valence-corrected chi connectivity index (χ3v) is 9.31. The van der Waals surface area contributed by atoms with Crippen molar-refractivity contribution in [2.24, 2.45) is 0 Å². The number of benzene rings is 3. The number of anilines is 1. The minimum Gasteiger partial charge on any atom is -0.497 e. The van der Waals surface area contributed by atoms with Gasteiger partial charge < -0.3 is 33.9 Å². The molecule has 0 saturated carbocycles. The molecule has 0 heterocycles. The Morgan fingerprint density at radius 1 is 0.761 bits per heavy atom. The van der Waals surface area contributed by atoms with Crippen molar-refractivity contribution in [1.82, 2.24) is 10.2 Å². The van der Waals surface area contributed by atoms with Gasteiger partial charge in [-0.25, -0.2) is 8.42 Å². The van der Waals surface area contributed by atoms with Gasteiger partial charge in [-0.2, -0.15) is 0 Å². The highest BCUT2D eigenvalue weighted by atomic mass is 32.2. The fourth-order valence-corrected chi connectivity index (χ4v) is 6.02. The summed E-state index contributed by atoms with van der Waals surface area (Å²) in [6.07, 6.45) is 0.692. The van der Waals surface area contributed by atoms with Crippen molar-refractivity contribution in [3.05, 3.63) is 66.2 Å². The summed E-state index contributed by atoms with van der Waals surface area (Å²) in [6, 6.07) is 14.8. The molecule has 0 aliphatic rings. The van der Waals surface area contributed by atoms with E-state index >= 15 is 0 Å². The molecule has 1 N–H and O–H groups in total. The molecule has 3 aromatic rings. The van der Waals surface area contributed by atoms with Crippen LogP contribution in [0.1, 0.15) is 32.8 Å². The lowest BCUT2D eigenvalue weighted by Gasteiger charge is -2.33. The summed E-state index contributed by atoms with van der Waals surface area (Å²) < 4.78 is 56.6. The van der Waals surface area contributed by atoms with Crippen molar-refractivity contribution in [3.63, 3.8) is 0 Å². The molecule has 0 saturated heterocycles. The largest absolute Gasteiger partial charge is 0.497 e. The fraction of sp³-hybridized carbons (Fsp3) is 0.394. The Kier molecular flexibility index (Phi) is 12.5. The van der Waals surface area contributed by atoms with Gasteiger partial charge in [0.1, 0.15) is 29.8 Å². The highest BCUT2D eigenvalue weighted by Gasteiger charge is 2.35. The van der Waals surface area contributed by atoms with Crippen molar-refractivity contribution in [2.75, 3.05) is 46.4 Å². The van der Waals surface area contributed by atoms with Crippen LogP contribution in [0, 0.1) is 0 Å². The summed E-state index contributed by atoms with van der Waals surface area (Å²) >= 11 is 0. The fourth-order valence-electron chi connectivity index (χ4n) is 4.59. The molecule has 2 amide bonds. The molecular weight excluding hydrogens is 614 g/mol. The summed E-state index contributed by atoms with van der Waals surface area (Å²) in [5.74, 6) is 0.662. The number of nitrogens with one attached hydrogen (secondary N) is 1. The molecule has 3 aromatic carbocycles. The SMILES string of the molecule is CC[C@@H](C)NC(=O)[C@@H](C)N(Cc1ccc(OC)cc1)C(=O)CN(c1cc(OC)ccc1OC)S(=O)(=O)c1ccc(OC)c(OC)c1. The Balaban J connectivity index is 2.16. The van der Waals surface area contributed by atoms with Gasteiger partial charge in [0, 0.05) is 24.7 Å². The van der Waals surface area contributed by atoms with Crippen LogP contribution < -0.4 is 33.3 Å². The molecule has 12 nitrogen and oxygen atoms in total. The summed E-state index contributed by atoms with van der Waals surface area (Å²) in [6.45, 7) is 4.77. The maximum atomic E-state index is 14.4. The molecule has 0 radical (unpaired) electrons. The van der Waals surface area contributed by atoms with Crippen LogP contribution in [0.4, 0.5) is 5.69 Å². The summed E-state index contributed by atoms with van der Waals surface area (Å²) in [7, 11) is 2.77. The van der Waals surface area contributed by atoms with E-state index in [1.54, 1.807) is 50.4 Å². The number of ether oxygens (including phenoxy) is 5. The summed E-state index contributed by atoms with van der Waals surface area (Å²) in [4.78, 5) is 28.8. The van der Waals surface area contributed by atoms with Crippen molar-refractivity contribution < 1.29 is 41.7 Å². The van der Waals surface area contributed by atoms with E-state index in [1.807, 2.05) is 13.8 Å². The van der Waals surface area contributed by atoms with Gasteiger partial charge in [-0.1, -0.05) is 19.1 Å². The molecule has 2 atom stereocenters. The van der Waals surface area contributed by atoms with Crippen LogP contribution in [0.5, 0.6) is 28.7 Å². The predicted octanol–water partition coefficient (Wildman–Crippen LogP) is 4.26. The molecule has 250 valence electrons. The predicted molar refractivity (Wildman–Crippen MR) is 175 cm³/mol. The first-order valence-electron chi connectivity index (χ1n) is 14.6. The Morgan fingerprint density at radius 3 is 1.91 bits per heavy atom. The van der Waals surface area contributed by atoms with Gasteiger partial charge in [0.2, 0.25) is 11.8 Å². The minimum absolute atomic E-state index is 0.0252. The number of carbonyl (C=O) groups is 2. The van der Waals surface area contributed by atoms with Gasteiger partial charge in [-0.15, -0.1) is 0 Å². The Morgan fingerprint density at radius 2 is 1.35 bits per heavy atom. The van der Waals surface area contributed by atoms with E-state index in [4.69, 9.17) is 23.7 Å². The van der Waals surface area contributed by atoms with E-state index in [2.05, 4.69) is 5.32 Å². The number of carbonyl (C=O) groups excluding carboxylic acids is 2. The van der Waals surface area contributed by atoms with E-state index in [1.165, 1.54) is 57.6 Å². The zero-order chi connectivity index (χ0) is 34.0. The highest BCUT2D eigenvalue weighted by molar-refractivity contribution is 7.92. The third kappa shape index (κ3) is 8.33. The van der Waals surface area contributed by atoms with Gasteiger partial charge in [-0.05, 0) is 62.2 Å². The molecule has 0 aliphatic heterocycles. The van der Waals surface area contributed by atoms with Crippen molar-refractivity contribution >= 4 is 27.5 Å². The number of amides is 2. The molecule has 3 rings (SSSR count). The van der Waals surface area contributed by atoms with Crippen LogP contribution in [0.3, 0.4) is 0 Å². The Bertz CT molecular complexity index is 1600. The smallest absolute Gasteiger partial charge is 0.265 e. The number of rotatable bonds is 16. The Hall–Kier alpha value is -4.65. The molecule has 0 aliphatic carbocycles. The molecule has 46 heavy (non-hydrogen) atoms. The lowest BCUT2D eigenvalue weighted by molar-refractivity contribution is -0.139. The van der Waals surface area contributed by atoms with E-state index in [-0.39, 0.29) is 40.6 Å². The van der Waals surface area contributed by atoms with E-state index < -0.39 is 28.5 Å². The van der Waals surface area contributed by atoms with E-state index in [9.17, 15) is 18.0 Å². The van der Waals surface area contributed by atoms with Crippen molar-refractivity contribution in [2.45, 2.75) is 50.7 Å². The number of nitrogens with zero attached hydrogens (tertiary/aromatic N) is 2. The summed E-state index contributed by atoms with van der Waals surface area (Å²) in [5.41, 5.74) is 0.775. The van der Waals surface area contributed by atoms with E-state index in [0.29, 0.717) is 29.2 Å². The number of sulfonamides is 1. The highest BCUT2D eigenvalue weighted by Crippen LogP contribution is 2.37. The van der Waals surface area contributed by atoms with Gasteiger partial charge in [0.25, 0.3) is 10.0 Å². The second-order valence-electron chi connectivity index (χ2n) is 10.4. The maximum absolute atomic E-state index is 14.4. The van der Waals surface area contributed by atoms with Gasteiger partial charge in [0.15, 0.2) is 11.5 Å². The monoisotopic (exact) mass is 657 g/mol. The van der Waals surface area contributed by atoms with Crippen molar-refractivity contribution in [3.8, 4) is 28.7 Å². The van der Waals surface area contributed by atoms with Crippen LogP contribution >= 0.6 is 0 Å². The topological polar surface area (TPSA) is 133 Å². The Labute approximate surface area is 271 Å². The first kappa shape index (κ1) is 35.8. The minimum atomic E-state index is -4.45. The van der Waals surface area contributed by atoms with Crippen LogP contribution in [0.2, 0.25) is 0 Å². The van der Waals surface area contributed by atoms with E-state index in [0.717, 1.165) is 4.31 Å². The normalized spacial score (nSPS) is 12.3. The molecule has 0 fully saturated rings. The van der Waals surface area contributed by atoms with Crippen LogP contribution in [0.25, 0.3) is 0 Å². The van der Waals surface area contributed by atoms with Crippen molar-refractivity contribution in [1.29, 1.82) is 0 Å².